The van der Waals surface area contributed by atoms with Crippen LogP contribution in [0, 0.1) is 5.92 Å². The Morgan fingerprint density at radius 2 is 2.08 bits per heavy atom. The number of Topliss-reactive ketones (excluding diaryl/α,β-unsaturated/α-hetero) is 1. The van der Waals surface area contributed by atoms with Gasteiger partial charge in [-0.2, -0.15) is 0 Å². The largest absolute Gasteiger partial charge is 0.325 e. The number of benzene rings is 1. The summed E-state index contributed by atoms with van der Waals surface area (Å²) in [6.07, 6.45) is 6.36. The highest BCUT2D eigenvalue weighted by atomic mass is 35.5. The standard InChI is InChI=1S/C19H25ClN2O2/c1-2-3-4-9-21-11-13-6-5-12-10-15(20)18-14(17(12)19(13)24)7-8-16(23)22-18/h10,13,21H,2-9,11H2,1H3,(H,22,23). The number of rotatable bonds is 6. The molecule has 0 radical (unpaired) electrons. The van der Waals surface area contributed by atoms with E-state index in [4.69, 9.17) is 11.6 Å². The number of carbonyl (C=O) groups is 2. The Kier molecular flexibility index (Phi) is 5.57. The molecule has 2 N–H and O–H groups in total. The molecule has 0 bridgehead atoms. The van der Waals surface area contributed by atoms with Crippen LogP contribution in [0.3, 0.4) is 0 Å². The van der Waals surface area contributed by atoms with Gasteiger partial charge in [0.2, 0.25) is 5.91 Å². The summed E-state index contributed by atoms with van der Waals surface area (Å²) >= 11 is 6.32. The van der Waals surface area contributed by atoms with Gasteiger partial charge < -0.3 is 10.6 Å². The number of amides is 1. The van der Waals surface area contributed by atoms with Crippen molar-refractivity contribution in [3.8, 4) is 0 Å². The van der Waals surface area contributed by atoms with Crippen LogP contribution in [0.5, 0.6) is 0 Å². The fourth-order valence-corrected chi connectivity index (χ4v) is 4.02. The number of carbonyl (C=O) groups excluding carboxylic acids is 2. The predicted molar refractivity (Wildman–Crippen MR) is 96.9 cm³/mol. The van der Waals surface area contributed by atoms with Crippen molar-refractivity contribution in [2.45, 2.75) is 51.9 Å². The SMILES string of the molecule is CCCCCNCC1CCc2cc(Cl)c3c(c2C1=O)CCC(=O)N3. The molecular formula is C19H25ClN2O2. The molecule has 0 saturated heterocycles. The molecule has 24 heavy (non-hydrogen) atoms. The third-order valence-corrected chi connectivity index (χ3v) is 5.36. The Balaban J connectivity index is 1.77. The molecule has 1 aromatic rings. The van der Waals surface area contributed by atoms with Crippen LogP contribution >= 0.6 is 11.6 Å². The number of aryl methyl sites for hydroxylation is 1. The molecule has 0 saturated carbocycles. The number of unbranched alkanes of at least 4 members (excludes halogenated alkanes) is 2. The van der Waals surface area contributed by atoms with Gasteiger partial charge in [0.15, 0.2) is 5.78 Å². The molecule has 1 atom stereocenters. The van der Waals surface area contributed by atoms with E-state index in [0.717, 1.165) is 49.0 Å². The summed E-state index contributed by atoms with van der Waals surface area (Å²) in [6, 6.07) is 1.87. The zero-order valence-corrected chi connectivity index (χ0v) is 15.0. The highest BCUT2D eigenvalue weighted by Gasteiger charge is 2.33. The lowest BCUT2D eigenvalue weighted by Gasteiger charge is -2.29. The highest BCUT2D eigenvalue weighted by Crippen LogP contribution is 2.39. The first-order valence-corrected chi connectivity index (χ1v) is 9.38. The fraction of sp³-hybridized carbons (Fsp3) is 0.579. The van der Waals surface area contributed by atoms with Gasteiger partial charge in [-0.3, -0.25) is 9.59 Å². The molecule has 0 spiro atoms. The number of hydrogen-bond donors (Lipinski definition) is 2. The lowest BCUT2D eigenvalue weighted by atomic mass is 9.78. The van der Waals surface area contributed by atoms with Gasteiger partial charge in [0.05, 0.1) is 10.7 Å². The van der Waals surface area contributed by atoms with Gasteiger partial charge >= 0.3 is 0 Å². The van der Waals surface area contributed by atoms with Crippen LogP contribution in [0.15, 0.2) is 6.07 Å². The minimum Gasteiger partial charge on any atom is -0.325 e. The molecule has 2 aliphatic rings. The minimum atomic E-state index is -0.0262. The third-order valence-electron chi connectivity index (χ3n) is 5.06. The summed E-state index contributed by atoms with van der Waals surface area (Å²) in [6.45, 7) is 3.90. The predicted octanol–water partition coefficient (Wildman–Crippen LogP) is 3.75. The summed E-state index contributed by atoms with van der Waals surface area (Å²) in [5.74, 6) is 0.215. The molecule has 0 aromatic heterocycles. The molecule has 3 rings (SSSR count). The molecule has 1 unspecified atom stereocenters. The van der Waals surface area contributed by atoms with E-state index in [9.17, 15) is 9.59 Å². The van der Waals surface area contributed by atoms with Gasteiger partial charge in [0, 0.05) is 24.4 Å². The average molecular weight is 349 g/mol. The zero-order valence-electron chi connectivity index (χ0n) is 14.2. The van der Waals surface area contributed by atoms with Crippen molar-refractivity contribution in [1.82, 2.24) is 5.32 Å². The van der Waals surface area contributed by atoms with Crippen LogP contribution in [-0.2, 0) is 17.6 Å². The Bertz CT molecular complexity index is 657. The van der Waals surface area contributed by atoms with E-state index in [1.165, 1.54) is 12.8 Å². The fourth-order valence-electron chi connectivity index (χ4n) is 3.73. The smallest absolute Gasteiger partial charge is 0.224 e. The monoisotopic (exact) mass is 348 g/mol. The summed E-state index contributed by atoms with van der Waals surface area (Å²) in [4.78, 5) is 24.7. The van der Waals surface area contributed by atoms with Gasteiger partial charge in [-0.05, 0) is 49.4 Å². The molecule has 1 aliphatic heterocycles. The van der Waals surface area contributed by atoms with Gasteiger partial charge in [0.25, 0.3) is 0 Å². The van der Waals surface area contributed by atoms with E-state index >= 15 is 0 Å². The minimum absolute atomic E-state index is 0.0262. The number of hydrogen-bond acceptors (Lipinski definition) is 3. The van der Waals surface area contributed by atoms with E-state index in [1.807, 2.05) is 6.07 Å². The molecular weight excluding hydrogens is 324 g/mol. The van der Waals surface area contributed by atoms with Gasteiger partial charge in [0.1, 0.15) is 0 Å². The zero-order chi connectivity index (χ0) is 17.1. The molecule has 1 aliphatic carbocycles. The topological polar surface area (TPSA) is 58.2 Å². The molecule has 1 amide bonds. The normalized spacial score (nSPS) is 19.7. The second-order valence-corrected chi connectivity index (χ2v) is 7.21. The maximum atomic E-state index is 13.0. The molecule has 1 aromatic carbocycles. The van der Waals surface area contributed by atoms with Crippen molar-refractivity contribution in [3.05, 3.63) is 27.8 Å². The summed E-state index contributed by atoms with van der Waals surface area (Å²) < 4.78 is 0. The molecule has 1 heterocycles. The lowest BCUT2D eigenvalue weighted by Crippen LogP contribution is -2.34. The van der Waals surface area contributed by atoms with Gasteiger partial charge in [-0.15, -0.1) is 0 Å². The van der Waals surface area contributed by atoms with Crippen molar-refractivity contribution >= 4 is 29.0 Å². The number of ketones is 1. The van der Waals surface area contributed by atoms with E-state index in [-0.39, 0.29) is 17.6 Å². The van der Waals surface area contributed by atoms with Crippen molar-refractivity contribution in [2.24, 2.45) is 5.92 Å². The van der Waals surface area contributed by atoms with Crippen molar-refractivity contribution in [1.29, 1.82) is 0 Å². The quantitative estimate of drug-likeness (QED) is 0.770. The van der Waals surface area contributed by atoms with E-state index in [2.05, 4.69) is 17.6 Å². The Labute approximate surface area is 148 Å². The summed E-state index contributed by atoms with van der Waals surface area (Å²) in [7, 11) is 0. The first-order valence-electron chi connectivity index (χ1n) is 9.00. The molecule has 5 heteroatoms. The van der Waals surface area contributed by atoms with Gasteiger partial charge in [-0.1, -0.05) is 31.4 Å². The van der Waals surface area contributed by atoms with Gasteiger partial charge in [-0.25, -0.2) is 0 Å². The van der Waals surface area contributed by atoms with Crippen LogP contribution in [0.1, 0.15) is 60.5 Å². The maximum absolute atomic E-state index is 13.0. The van der Waals surface area contributed by atoms with Crippen molar-refractivity contribution in [2.75, 3.05) is 18.4 Å². The first kappa shape index (κ1) is 17.4. The Morgan fingerprint density at radius 3 is 2.88 bits per heavy atom. The van der Waals surface area contributed by atoms with Crippen LogP contribution in [-0.4, -0.2) is 24.8 Å². The number of nitrogens with one attached hydrogen (secondary N) is 2. The van der Waals surface area contributed by atoms with Crippen LogP contribution in [0.4, 0.5) is 5.69 Å². The molecule has 130 valence electrons. The van der Waals surface area contributed by atoms with E-state index < -0.39 is 0 Å². The Morgan fingerprint density at radius 1 is 1.25 bits per heavy atom. The summed E-state index contributed by atoms with van der Waals surface area (Å²) in [5, 5.41) is 6.83. The highest BCUT2D eigenvalue weighted by molar-refractivity contribution is 6.34. The van der Waals surface area contributed by atoms with Crippen LogP contribution in [0.25, 0.3) is 0 Å². The van der Waals surface area contributed by atoms with E-state index in [0.29, 0.717) is 23.6 Å². The average Bonchev–Trinajstić information content (AvgIpc) is 2.57. The Hall–Kier alpha value is -1.39. The lowest BCUT2D eigenvalue weighted by molar-refractivity contribution is -0.116. The molecule has 0 fully saturated rings. The summed E-state index contributed by atoms with van der Waals surface area (Å²) in [5.41, 5.74) is 3.46. The third kappa shape index (κ3) is 3.50. The van der Waals surface area contributed by atoms with Crippen LogP contribution < -0.4 is 10.6 Å². The van der Waals surface area contributed by atoms with Crippen LogP contribution in [0.2, 0.25) is 5.02 Å². The number of halogens is 1. The number of fused-ring (bicyclic) bond motifs is 3. The second kappa shape index (κ2) is 7.66. The first-order chi connectivity index (χ1) is 11.6. The van der Waals surface area contributed by atoms with Crippen molar-refractivity contribution < 1.29 is 9.59 Å². The maximum Gasteiger partial charge on any atom is 0.224 e. The van der Waals surface area contributed by atoms with E-state index in [1.54, 1.807) is 0 Å². The molecule has 4 nitrogen and oxygen atoms in total. The second-order valence-electron chi connectivity index (χ2n) is 6.81. The van der Waals surface area contributed by atoms with Crippen molar-refractivity contribution in [3.63, 3.8) is 0 Å². The number of anilines is 1.